The van der Waals surface area contributed by atoms with Gasteiger partial charge < -0.3 is 14.8 Å². The predicted molar refractivity (Wildman–Crippen MR) is 123 cm³/mol. The highest BCUT2D eigenvalue weighted by atomic mass is 16.5. The molecule has 2 saturated heterocycles. The van der Waals surface area contributed by atoms with Gasteiger partial charge in [0.25, 0.3) is 5.91 Å². The summed E-state index contributed by atoms with van der Waals surface area (Å²) in [7, 11) is 1.73. The molecule has 0 bridgehead atoms. The van der Waals surface area contributed by atoms with Gasteiger partial charge >= 0.3 is 0 Å². The molecule has 0 aliphatic carbocycles. The van der Waals surface area contributed by atoms with Crippen molar-refractivity contribution in [1.82, 2.24) is 10.2 Å². The number of aryl methyl sites for hydroxylation is 2. The molecular formula is C26H34N2O3. The molecule has 1 amide bonds. The van der Waals surface area contributed by atoms with Crippen molar-refractivity contribution in [2.75, 3.05) is 26.7 Å². The average Bonchev–Trinajstić information content (AvgIpc) is 3.19. The maximum Gasteiger partial charge on any atom is 0.251 e. The number of hydrogen-bond donors (Lipinski definition) is 1. The first-order valence-electron chi connectivity index (χ1n) is 11.4. The van der Waals surface area contributed by atoms with Gasteiger partial charge in [-0.15, -0.1) is 0 Å². The molecule has 0 saturated carbocycles. The number of benzene rings is 2. The van der Waals surface area contributed by atoms with E-state index in [0.717, 1.165) is 51.1 Å². The van der Waals surface area contributed by atoms with Crippen molar-refractivity contribution in [3.05, 3.63) is 64.7 Å². The summed E-state index contributed by atoms with van der Waals surface area (Å²) in [5, 5.41) is 3.04. The van der Waals surface area contributed by atoms with Gasteiger partial charge in [-0.3, -0.25) is 9.69 Å². The van der Waals surface area contributed by atoms with E-state index in [1.54, 1.807) is 7.11 Å². The number of amides is 1. The largest absolute Gasteiger partial charge is 0.496 e. The number of piperidine rings is 1. The van der Waals surface area contributed by atoms with E-state index in [0.29, 0.717) is 12.1 Å². The summed E-state index contributed by atoms with van der Waals surface area (Å²) in [6, 6.07) is 13.8. The van der Waals surface area contributed by atoms with Gasteiger partial charge in [0.2, 0.25) is 0 Å². The van der Waals surface area contributed by atoms with Crippen LogP contribution in [0.3, 0.4) is 0 Å². The van der Waals surface area contributed by atoms with Gasteiger partial charge in [-0.1, -0.05) is 24.3 Å². The second kappa shape index (κ2) is 9.41. The summed E-state index contributed by atoms with van der Waals surface area (Å²) in [5.74, 6) is 0.939. The van der Waals surface area contributed by atoms with Gasteiger partial charge in [0.05, 0.1) is 18.8 Å². The van der Waals surface area contributed by atoms with Crippen LogP contribution in [0.4, 0.5) is 0 Å². The first kappa shape index (κ1) is 21.8. The van der Waals surface area contributed by atoms with E-state index in [-0.39, 0.29) is 17.6 Å². The van der Waals surface area contributed by atoms with Crippen LogP contribution in [-0.2, 0) is 11.3 Å². The lowest BCUT2D eigenvalue weighted by Gasteiger charge is -2.39. The minimum Gasteiger partial charge on any atom is -0.496 e. The molecule has 2 fully saturated rings. The Balaban J connectivity index is 1.26. The molecule has 5 nitrogen and oxygen atoms in total. The molecule has 0 unspecified atom stereocenters. The third kappa shape index (κ3) is 5.10. The number of rotatable bonds is 6. The van der Waals surface area contributed by atoms with E-state index in [2.05, 4.69) is 36.2 Å². The maximum absolute atomic E-state index is 12.3. The zero-order chi connectivity index (χ0) is 21.8. The molecule has 166 valence electrons. The second-order valence-corrected chi connectivity index (χ2v) is 9.06. The highest BCUT2D eigenvalue weighted by molar-refractivity contribution is 5.94. The molecule has 31 heavy (non-hydrogen) atoms. The number of methoxy groups -OCH3 is 1. The topological polar surface area (TPSA) is 50.8 Å². The Morgan fingerprint density at radius 2 is 1.87 bits per heavy atom. The molecule has 2 aromatic carbocycles. The summed E-state index contributed by atoms with van der Waals surface area (Å²) in [6.07, 6.45) is 4.35. The quantitative estimate of drug-likeness (QED) is 0.756. The average molecular weight is 423 g/mol. The molecule has 1 spiro atoms. The molecule has 2 aromatic rings. The molecule has 2 aliphatic heterocycles. The Morgan fingerprint density at radius 1 is 1.13 bits per heavy atom. The lowest BCUT2D eigenvalue weighted by atomic mass is 9.88. The van der Waals surface area contributed by atoms with Gasteiger partial charge in [0.1, 0.15) is 5.75 Å². The molecule has 0 radical (unpaired) electrons. The Bertz CT molecular complexity index is 904. The van der Waals surface area contributed by atoms with Crippen LogP contribution < -0.4 is 10.1 Å². The molecule has 1 N–H and O–H groups in total. The highest BCUT2D eigenvalue weighted by Gasteiger charge is 2.42. The second-order valence-electron chi connectivity index (χ2n) is 9.06. The third-order valence-corrected chi connectivity index (χ3v) is 6.88. The fourth-order valence-corrected chi connectivity index (χ4v) is 4.90. The summed E-state index contributed by atoms with van der Waals surface area (Å²) >= 11 is 0. The van der Waals surface area contributed by atoms with Gasteiger partial charge in [-0.2, -0.15) is 0 Å². The van der Waals surface area contributed by atoms with E-state index in [1.165, 1.54) is 16.7 Å². The lowest BCUT2D eigenvalue weighted by molar-refractivity contribution is -0.0764. The summed E-state index contributed by atoms with van der Waals surface area (Å²) in [4.78, 5) is 14.8. The molecule has 4 rings (SSSR count). The van der Waals surface area contributed by atoms with Gasteiger partial charge in [0, 0.05) is 31.7 Å². The van der Waals surface area contributed by atoms with Crippen molar-refractivity contribution < 1.29 is 14.3 Å². The van der Waals surface area contributed by atoms with Crippen LogP contribution >= 0.6 is 0 Å². The summed E-state index contributed by atoms with van der Waals surface area (Å²) < 4.78 is 11.9. The molecule has 2 heterocycles. The number of hydrogen-bond acceptors (Lipinski definition) is 4. The number of carbonyl (C=O) groups excluding carboxylic acids is 1. The van der Waals surface area contributed by atoms with Crippen LogP contribution in [0.1, 0.15) is 52.7 Å². The smallest absolute Gasteiger partial charge is 0.251 e. The highest BCUT2D eigenvalue weighted by Crippen LogP contribution is 2.39. The minimum absolute atomic E-state index is 0.0104. The van der Waals surface area contributed by atoms with Crippen molar-refractivity contribution in [2.45, 2.75) is 57.8 Å². The first-order valence-corrected chi connectivity index (χ1v) is 11.4. The third-order valence-electron chi connectivity index (χ3n) is 6.88. The monoisotopic (exact) mass is 422 g/mol. The SMILES string of the molecule is COc1cc(C)c(CN2CCC3(CC[C@@H](CNC(=O)c4ccccc4)O3)CC2)cc1C. The van der Waals surface area contributed by atoms with Gasteiger partial charge in [-0.05, 0) is 74.4 Å². The maximum atomic E-state index is 12.3. The number of carbonyl (C=O) groups is 1. The Hall–Kier alpha value is -2.37. The fourth-order valence-electron chi connectivity index (χ4n) is 4.90. The van der Waals surface area contributed by atoms with Gasteiger partial charge in [-0.25, -0.2) is 0 Å². The standard InChI is InChI=1S/C26H34N2O3/c1-19-16-24(30-3)20(2)15-22(19)18-28-13-11-26(12-14-28)10-9-23(31-26)17-27-25(29)21-7-5-4-6-8-21/h4-8,15-16,23H,9-14,17-18H2,1-3H3,(H,27,29)/t23-/m0/s1. The van der Waals surface area contributed by atoms with Crippen LogP contribution in [0.15, 0.2) is 42.5 Å². The molecule has 5 heteroatoms. The molecule has 1 atom stereocenters. The van der Waals surface area contributed by atoms with Gasteiger partial charge in [0.15, 0.2) is 0 Å². The van der Waals surface area contributed by atoms with E-state index in [4.69, 9.17) is 9.47 Å². The minimum atomic E-state index is -0.0230. The number of ether oxygens (including phenoxy) is 2. The molecule has 0 aromatic heterocycles. The van der Waals surface area contributed by atoms with Crippen molar-refractivity contribution >= 4 is 5.91 Å². The van der Waals surface area contributed by atoms with Crippen molar-refractivity contribution in [1.29, 1.82) is 0 Å². The van der Waals surface area contributed by atoms with Crippen molar-refractivity contribution in [2.24, 2.45) is 0 Å². The fraction of sp³-hybridized carbons (Fsp3) is 0.500. The van der Waals surface area contributed by atoms with Crippen LogP contribution in [0.2, 0.25) is 0 Å². The Labute approximate surface area is 185 Å². The number of nitrogens with zero attached hydrogens (tertiary/aromatic N) is 1. The molecule has 2 aliphatic rings. The molecular weight excluding hydrogens is 388 g/mol. The van der Waals surface area contributed by atoms with Crippen molar-refractivity contribution in [3.8, 4) is 5.75 Å². The summed E-state index contributed by atoms with van der Waals surface area (Å²) in [6.45, 7) is 7.93. The normalized spacial score (nSPS) is 20.7. The Kier molecular flexibility index (Phi) is 6.63. The number of likely N-dealkylation sites (tertiary alicyclic amines) is 1. The lowest BCUT2D eigenvalue weighted by Crippen LogP contribution is -2.45. The van der Waals surface area contributed by atoms with Crippen molar-refractivity contribution in [3.63, 3.8) is 0 Å². The zero-order valence-electron chi connectivity index (χ0n) is 18.9. The van der Waals surface area contributed by atoms with E-state index >= 15 is 0 Å². The number of nitrogens with one attached hydrogen (secondary N) is 1. The van der Waals surface area contributed by atoms with Crippen LogP contribution in [0.25, 0.3) is 0 Å². The zero-order valence-corrected chi connectivity index (χ0v) is 18.9. The van der Waals surface area contributed by atoms with Crippen LogP contribution in [0, 0.1) is 13.8 Å². The first-order chi connectivity index (χ1) is 15.0. The van der Waals surface area contributed by atoms with E-state index < -0.39 is 0 Å². The summed E-state index contributed by atoms with van der Waals surface area (Å²) in [5.41, 5.74) is 4.55. The Morgan fingerprint density at radius 3 is 2.58 bits per heavy atom. The predicted octanol–water partition coefficient (Wildman–Crippen LogP) is 4.26. The van der Waals surface area contributed by atoms with Crippen LogP contribution in [0.5, 0.6) is 5.75 Å². The van der Waals surface area contributed by atoms with E-state index in [1.807, 2.05) is 30.3 Å². The van der Waals surface area contributed by atoms with E-state index in [9.17, 15) is 4.79 Å². The van der Waals surface area contributed by atoms with Crippen LogP contribution in [-0.4, -0.2) is 49.3 Å².